The van der Waals surface area contributed by atoms with Crippen LogP contribution in [-0.2, 0) is 0 Å². The molecule has 0 saturated carbocycles. The zero-order chi connectivity index (χ0) is 19.1. The number of fused-ring (bicyclic) bond motifs is 3. The highest BCUT2D eigenvalue weighted by Gasteiger charge is 2.29. The minimum atomic E-state index is -0.624. The molecular formula is C17H11Br3N4O2S. The van der Waals surface area contributed by atoms with E-state index in [1.54, 1.807) is 6.07 Å². The van der Waals surface area contributed by atoms with E-state index in [1.165, 1.54) is 11.8 Å². The topological polar surface area (TPSA) is 80.2 Å². The summed E-state index contributed by atoms with van der Waals surface area (Å²) in [5.41, 5.74) is 2.93. The van der Waals surface area contributed by atoms with E-state index in [4.69, 9.17) is 4.74 Å². The Morgan fingerprint density at radius 3 is 2.70 bits per heavy atom. The molecule has 2 heterocycles. The molecule has 1 aromatic heterocycles. The van der Waals surface area contributed by atoms with E-state index in [2.05, 4.69) is 68.3 Å². The number of para-hydroxylation sites is 1. The van der Waals surface area contributed by atoms with Gasteiger partial charge in [-0.05, 0) is 50.2 Å². The van der Waals surface area contributed by atoms with Gasteiger partial charge < -0.3 is 15.2 Å². The van der Waals surface area contributed by atoms with Gasteiger partial charge in [0, 0.05) is 21.3 Å². The molecule has 1 aliphatic rings. The van der Waals surface area contributed by atoms with Crippen molar-refractivity contribution in [1.29, 1.82) is 0 Å². The Labute approximate surface area is 184 Å². The predicted molar refractivity (Wildman–Crippen MR) is 115 cm³/mol. The van der Waals surface area contributed by atoms with Gasteiger partial charge in [-0.2, -0.15) is 4.98 Å². The normalized spacial score (nSPS) is 15.2. The van der Waals surface area contributed by atoms with Gasteiger partial charge in [0.1, 0.15) is 5.75 Å². The van der Waals surface area contributed by atoms with Gasteiger partial charge in [-0.1, -0.05) is 45.9 Å². The Kier molecular flexibility index (Phi) is 5.32. The Morgan fingerprint density at radius 1 is 1.15 bits per heavy atom. The maximum Gasteiger partial charge on any atom is 0.247 e. The standard InChI is InChI=1S/C17H11Br3N4O2S/c1-27-17-22-16-13(23-24-17)7-4-2-3-5-10(7)21-15(26-16)11-8(18)6-9(19)14(25)12(11)20/h2-6,15,21,25H,1H3/t15-/m1/s1. The molecule has 0 aliphatic carbocycles. The van der Waals surface area contributed by atoms with Crippen molar-refractivity contribution in [3.05, 3.63) is 49.3 Å². The van der Waals surface area contributed by atoms with Gasteiger partial charge in [0.25, 0.3) is 0 Å². The summed E-state index contributed by atoms with van der Waals surface area (Å²) in [6.45, 7) is 0. The van der Waals surface area contributed by atoms with E-state index in [-0.39, 0.29) is 5.75 Å². The first-order valence-corrected chi connectivity index (χ1v) is 11.3. The molecule has 6 nitrogen and oxygen atoms in total. The smallest absolute Gasteiger partial charge is 0.247 e. The van der Waals surface area contributed by atoms with Crippen LogP contribution < -0.4 is 10.1 Å². The lowest BCUT2D eigenvalue weighted by atomic mass is 10.1. The first kappa shape index (κ1) is 19.0. The molecule has 1 aliphatic heterocycles. The third-order valence-corrected chi connectivity index (χ3v) is 6.56. The van der Waals surface area contributed by atoms with Crippen LogP contribution in [0.25, 0.3) is 11.3 Å². The number of nitrogens with one attached hydrogen (secondary N) is 1. The van der Waals surface area contributed by atoms with Crippen LogP contribution in [0, 0.1) is 0 Å². The summed E-state index contributed by atoms with van der Waals surface area (Å²) in [6, 6.07) is 9.49. The van der Waals surface area contributed by atoms with Gasteiger partial charge in [0.2, 0.25) is 17.3 Å². The second-order valence-corrected chi connectivity index (χ2v) is 8.83. The number of phenols is 1. The molecule has 4 rings (SSSR count). The van der Waals surface area contributed by atoms with Crippen LogP contribution >= 0.6 is 59.6 Å². The summed E-state index contributed by atoms with van der Waals surface area (Å²) in [6.07, 6.45) is 1.26. The molecule has 0 spiro atoms. The number of rotatable bonds is 2. The van der Waals surface area contributed by atoms with E-state index in [9.17, 15) is 5.11 Å². The molecule has 0 bridgehead atoms. The quantitative estimate of drug-likeness (QED) is 0.377. The number of ether oxygens (including phenoxy) is 1. The first-order chi connectivity index (χ1) is 13.0. The second-order valence-electron chi connectivity index (χ2n) is 5.56. The Balaban J connectivity index is 1.92. The molecule has 27 heavy (non-hydrogen) atoms. The molecule has 0 fully saturated rings. The minimum Gasteiger partial charge on any atom is -0.506 e. The summed E-state index contributed by atoms with van der Waals surface area (Å²) in [4.78, 5) is 4.49. The number of aromatic hydroxyl groups is 1. The third kappa shape index (κ3) is 3.43. The summed E-state index contributed by atoms with van der Waals surface area (Å²) in [7, 11) is 0. The van der Waals surface area contributed by atoms with Crippen molar-refractivity contribution < 1.29 is 9.84 Å². The van der Waals surface area contributed by atoms with Gasteiger partial charge in [-0.25, -0.2) is 0 Å². The van der Waals surface area contributed by atoms with Crippen molar-refractivity contribution in [2.24, 2.45) is 0 Å². The van der Waals surface area contributed by atoms with Crippen LogP contribution in [0.15, 0.2) is 48.9 Å². The van der Waals surface area contributed by atoms with Crippen molar-refractivity contribution in [2.75, 3.05) is 11.6 Å². The summed E-state index contributed by atoms with van der Waals surface area (Å²) < 4.78 is 8.03. The van der Waals surface area contributed by atoms with Crippen LogP contribution in [0.4, 0.5) is 5.69 Å². The number of anilines is 1. The number of aromatic nitrogens is 3. The zero-order valence-corrected chi connectivity index (χ0v) is 19.3. The highest BCUT2D eigenvalue weighted by molar-refractivity contribution is 9.11. The number of hydrogen-bond acceptors (Lipinski definition) is 7. The van der Waals surface area contributed by atoms with E-state index in [0.717, 1.165) is 15.7 Å². The summed E-state index contributed by atoms with van der Waals surface area (Å²) >= 11 is 11.8. The highest BCUT2D eigenvalue weighted by atomic mass is 79.9. The van der Waals surface area contributed by atoms with Crippen LogP contribution in [0.2, 0.25) is 0 Å². The third-order valence-electron chi connectivity index (χ3n) is 3.96. The average molecular weight is 575 g/mol. The Bertz CT molecular complexity index is 1050. The van der Waals surface area contributed by atoms with Gasteiger partial charge in [0.15, 0.2) is 5.69 Å². The fourth-order valence-corrected chi connectivity index (χ4v) is 5.53. The molecule has 0 saturated heterocycles. The van der Waals surface area contributed by atoms with Crippen molar-refractivity contribution in [3.63, 3.8) is 0 Å². The van der Waals surface area contributed by atoms with E-state index < -0.39 is 6.23 Å². The number of halogens is 3. The molecule has 2 N–H and O–H groups in total. The number of hydrogen-bond donors (Lipinski definition) is 2. The molecule has 138 valence electrons. The Hall–Kier alpha value is -1.36. The van der Waals surface area contributed by atoms with Gasteiger partial charge >= 0.3 is 0 Å². The molecule has 0 radical (unpaired) electrons. The monoisotopic (exact) mass is 572 g/mol. The first-order valence-electron chi connectivity index (χ1n) is 7.67. The summed E-state index contributed by atoms with van der Waals surface area (Å²) in [5.74, 6) is 0.458. The fraction of sp³-hybridized carbons (Fsp3) is 0.118. The lowest BCUT2D eigenvalue weighted by Crippen LogP contribution is -2.18. The molecule has 1 atom stereocenters. The lowest BCUT2D eigenvalue weighted by Gasteiger charge is -2.22. The number of thioether (sulfide) groups is 1. The van der Waals surface area contributed by atoms with Crippen molar-refractivity contribution in [3.8, 4) is 22.9 Å². The molecule has 3 aromatic rings. The molecule has 0 unspecified atom stereocenters. The van der Waals surface area contributed by atoms with Crippen LogP contribution in [-0.4, -0.2) is 26.5 Å². The molecule has 2 aromatic carbocycles. The zero-order valence-electron chi connectivity index (χ0n) is 13.7. The number of nitrogens with zero attached hydrogens (tertiary/aromatic N) is 3. The SMILES string of the molecule is CSc1nnc2c(n1)O[C@H](c1c(Br)cc(Br)c(O)c1Br)Nc1ccccc1-2. The molecule has 10 heteroatoms. The Morgan fingerprint density at radius 2 is 1.93 bits per heavy atom. The van der Waals surface area contributed by atoms with Crippen molar-refractivity contribution in [2.45, 2.75) is 11.4 Å². The van der Waals surface area contributed by atoms with Crippen LogP contribution in [0.1, 0.15) is 11.8 Å². The fourth-order valence-electron chi connectivity index (χ4n) is 2.70. The minimum absolute atomic E-state index is 0.0852. The summed E-state index contributed by atoms with van der Waals surface area (Å²) in [5, 5.41) is 22.7. The van der Waals surface area contributed by atoms with Gasteiger partial charge in [-0.3, -0.25) is 0 Å². The highest BCUT2D eigenvalue weighted by Crippen LogP contribution is 2.46. The second kappa shape index (κ2) is 7.57. The molecule has 0 amide bonds. The lowest BCUT2D eigenvalue weighted by molar-refractivity contribution is 0.223. The van der Waals surface area contributed by atoms with E-state index >= 15 is 0 Å². The maximum absolute atomic E-state index is 10.3. The number of benzene rings is 2. The van der Waals surface area contributed by atoms with Crippen molar-refractivity contribution >= 4 is 65.2 Å². The van der Waals surface area contributed by atoms with Gasteiger partial charge in [0.05, 0.1) is 8.95 Å². The van der Waals surface area contributed by atoms with Crippen LogP contribution in [0.3, 0.4) is 0 Å². The van der Waals surface area contributed by atoms with Gasteiger partial charge in [-0.15, -0.1) is 10.2 Å². The molecular weight excluding hydrogens is 564 g/mol. The van der Waals surface area contributed by atoms with E-state index in [0.29, 0.717) is 31.2 Å². The van der Waals surface area contributed by atoms with E-state index in [1.807, 2.05) is 30.5 Å². The van der Waals surface area contributed by atoms with Crippen molar-refractivity contribution in [1.82, 2.24) is 15.2 Å². The predicted octanol–water partition coefficient (Wildman–Crippen LogP) is 5.76. The maximum atomic E-state index is 10.3. The average Bonchev–Trinajstić information content (AvgIpc) is 2.82. The number of phenolic OH excluding ortho intramolecular Hbond substituents is 1. The largest absolute Gasteiger partial charge is 0.506 e. The van der Waals surface area contributed by atoms with Crippen LogP contribution in [0.5, 0.6) is 11.6 Å².